The zero-order chi connectivity index (χ0) is 10.6. The highest BCUT2D eigenvalue weighted by Gasteiger charge is 2.27. The number of hydrogen-bond donors (Lipinski definition) is 1. The Morgan fingerprint density at radius 1 is 1.07 bits per heavy atom. The van der Waals surface area contributed by atoms with E-state index in [0.29, 0.717) is 0 Å². The second-order valence-electron chi connectivity index (χ2n) is 5.58. The van der Waals surface area contributed by atoms with Crippen LogP contribution < -0.4 is 5.32 Å². The van der Waals surface area contributed by atoms with Gasteiger partial charge < -0.3 is 5.32 Å². The Labute approximate surface area is 89.7 Å². The molecule has 2 unspecified atom stereocenters. The van der Waals surface area contributed by atoms with Crippen LogP contribution in [0.3, 0.4) is 0 Å². The molecule has 1 heteroatoms. The van der Waals surface area contributed by atoms with Crippen molar-refractivity contribution in [2.45, 2.75) is 47.0 Å². The summed E-state index contributed by atoms with van der Waals surface area (Å²) in [4.78, 5) is 0. The van der Waals surface area contributed by atoms with Gasteiger partial charge in [0.1, 0.15) is 0 Å². The van der Waals surface area contributed by atoms with E-state index in [1.165, 1.54) is 32.4 Å². The molecule has 14 heavy (non-hydrogen) atoms. The zero-order valence-electron chi connectivity index (χ0n) is 10.3. The van der Waals surface area contributed by atoms with E-state index in [0.717, 1.165) is 23.7 Å². The van der Waals surface area contributed by atoms with Crippen LogP contribution in [0, 0.1) is 23.7 Å². The minimum absolute atomic E-state index is 0.779. The predicted molar refractivity (Wildman–Crippen MR) is 63.4 cm³/mol. The SMILES string of the molecule is CC(C)CNCC(C)C(C)C1CCC1. The van der Waals surface area contributed by atoms with Crippen LogP contribution in [0.1, 0.15) is 47.0 Å². The third kappa shape index (κ3) is 3.61. The molecule has 0 radical (unpaired) electrons. The monoisotopic (exact) mass is 197 g/mol. The molecule has 1 fully saturated rings. The molecule has 0 saturated heterocycles. The molecular weight excluding hydrogens is 170 g/mol. The predicted octanol–water partition coefficient (Wildman–Crippen LogP) is 3.30. The maximum absolute atomic E-state index is 3.57. The van der Waals surface area contributed by atoms with Crippen LogP contribution >= 0.6 is 0 Å². The van der Waals surface area contributed by atoms with Gasteiger partial charge >= 0.3 is 0 Å². The molecule has 1 N–H and O–H groups in total. The van der Waals surface area contributed by atoms with Crippen molar-refractivity contribution in [2.24, 2.45) is 23.7 Å². The molecular formula is C13H27N. The fraction of sp³-hybridized carbons (Fsp3) is 1.00. The average Bonchev–Trinajstić information content (AvgIpc) is 2.00. The Kier molecular flexibility index (Phi) is 4.94. The summed E-state index contributed by atoms with van der Waals surface area (Å²) in [7, 11) is 0. The summed E-state index contributed by atoms with van der Waals surface area (Å²) in [6.07, 6.45) is 4.44. The van der Waals surface area contributed by atoms with Crippen molar-refractivity contribution < 1.29 is 0 Å². The Bertz CT molecular complexity index is 149. The van der Waals surface area contributed by atoms with Crippen LogP contribution in [0.2, 0.25) is 0 Å². The van der Waals surface area contributed by atoms with Crippen molar-refractivity contribution >= 4 is 0 Å². The van der Waals surface area contributed by atoms with Gasteiger partial charge in [0.15, 0.2) is 0 Å². The summed E-state index contributed by atoms with van der Waals surface area (Å²) < 4.78 is 0. The Morgan fingerprint density at radius 3 is 2.14 bits per heavy atom. The van der Waals surface area contributed by atoms with Gasteiger partial charge in [0.25, 0.3) is 0 Å². The minimum Gasteiger partial charge on any atom is -0.316 e. The highest BCUT2D eigenvalue weighted by Crippen LogP contribution is 2.36. The molecule has 0 spiro atoms. The quantitative estimate of drug-likeness (QED) is 0.689. The molecule has 84 valence electrons. The van der Waals surface area contributed by atoms with Gasteiger partial charge in [-0.3, -0.25) is 0 Å². The van der Waals surface area contributed by atoms with E-state index in [-0.39, 0.29) is 0 Å². The van der Waals surface area contributed by atoms with E-state index >= 15 is 0 Å². The average molecular weight is 197 g/mol. The van der Waals surface area contributed by atoms with E-state index < -0.39 is 0 Å². The van der Waals surface area contributed by atoms with Crippen molar-refractivity contribution in [3.05, 3.63) is 0 Å². The minimum atomic E-state index is 0.779. The third-order valence-electron chi connectivity index (χ3n) is 3.81. The summed E-state index contributed by atoms with van der Waals surface area (Å²) in [6, 6.07) is 0. The van der Waals surface area contributed by atoms with E-state index in [1.807, 2.05) is 0 Å². The van der Waals surface area contributed by atoms with Crippen LogP contribution in [-0.4, -0.2) is 13.1 Å². The lowest BCUT2D eigenvalue weighted by atomic mass is 9.72. The van der Waals surface area contributed by atoms with Crippen LogP contribution in [-0.2, 0) is 0 Å². The van der Waals surface area contributed by atoms with Gasteiger partial charge in [0.2, 0.25) is 0 Å². The molecule has 1 nitrogen and oxygen atoms in total. The maximum Gasteiger partial charge on any atom is -0.00204 e. The first kappa shape index (κ1) is 12.0. The molecule has 1 aliphatic carbocycles. The second kappa shape index (κ2) is 5.75. The van der Waals surface area contributed by atoms with Crippen molar-refractivity contribution in [1.82, 2.24) is 5.32 Å². The Balaban J connectivity index is 2.10. The van der Waals surface area contributed by atoms with Gasteiger partial charge in [-0.1, -0.05) is 47.0 Å². The lowest BCUT2D eigenvalue weighted by Gasteiger charge is -2.35. The Morgan fingerprint density at radius 2 is 1.71 bits per heavy atom. The van der Waals surface area contributed by atoms with Gasteiger partial charge in [0, 0.05) is 0 Å². The summed E-state index contributed by atoms with van der Waals surface area (Å²) in [5.74, 6) is 3.58. The van der Waals surface area contributed by atoms with Gasteiger partial charge in [-0.15, -0.1) is 0 Å². The molecule has 1 saturated carbocycles. The van der Waals surface area contributed by atoms with Gasteiger partial charge in [-0.25, -0.2) is 0 Å². The highest BCUT2D eigenvalue weighted by molar-refractivity contribution is 4.79. The molecule has 0 aromatic carbocycles. The number of nitrogens with one attached hydrogen (secondary N) is 1. The van der Waals surface area contributed by atoms with Crippen LogP contribution in [0.4, 0.5) is 0 Å². The second-order valence-corrected chi connectivity index (χ2v) is 5.58. The fourth-order valence-electron chi connectivity index (χ4n) is 2.22. The summed E-state index contributed by atoms with van der Waals surface area (Å²) in [6.45, 7) is 11.7. The van der Waals surface area contributed by atoms with Crippen molar-refractivity contribution in [3.8, 4) is 0 Å². The van der Waals surface area contributed by atoms with E-state index in [4.69, 9.17) is 0 Å². The smallest absolute Gasteiger partial charge is 0.00204 e. The molecule has 2 atom stereocenters. The molecule has 0 heterocycles. The van der Waals surface area contributed by atoms with Crippen LogP contribution in [0.5, 0.6) is 0 Å². The van der Waals surface area contributed by atoms with Crippen molar-refractivity contribution in [2.75, 3.05) is 13.1 Å². The summed E-state index contributed by atoms with van der Waals surface area (Å²) >= 11 is 0. The first-order valence-corrected chi connectivity index (χ1v) is 6.32. The summed E-state index contributed by atoms with van der Waals surface area (Å²) in [5, 5.41) is 3.57. The molecule has 0 aromatic heterocycles. The van der Waals surface area contributed by atoms with Gasteiger partial charge in [0.05, 0.1) is 0 Å². The number of hydrogen-bond acceptors (Lipinski definition) is 1. The molecule has 0 aliphatic heterocycles. The first-order chi connectivity index (χ1) is 6.61. The molecule has 0 bridgehead atoms. The maximum atomic E-state index is 3.57. The van der Waals surface area contributed by atoms with E-state index in [9.17, 15) is 0 Å². The molecule has 0 aromatic rings. The first-order valence-electron chi connectivity index (χ1n) is 6.32. The molecule has 1 rings (SSSR count). The molecule has 0 amide bonds. The van der Waals surface area contributed by atoms with Gasteiger partial charge in [-0.05, 0) is 36.8 Å². The lowest BCUT2D eigenvalue weighted by molar-refractivity contribution is 0.165. The van der Waals surface area contributed by atoms with E-state index in [1.54, 1.807) is 0 Å². The van der Waals surface area contributed by atoms with Crippen LogP contribution in [0.15, 0.2) is 0 Å². The third-order valence-corrected chi connectivity index (χ3v) is 3.81. The Hall–Kier alpha value is -0.0400. The molecule has 1 aliphatic rings. The van der Waals surface area contributed by atoms with Gasteiger partial charge in [-0.2, -0.15) is 0 Å². The largest absolute Gasteiger partial charge is 0.316 e. The van der Waals surface area contributed by atoms with Crippen molar-refractivity contribution in [1.29, 1.82) is 0 Å². The number of rotatable bonds is 6. The van der Waals surface area contributed by atoms with Crippen LogP contribution in [0.25, 0.3) is 0 Å². The van der Waals surface area contributed by atoms with Crippen molar-refractivity contribution in [3.63, 3.8) is 0 Å². The standard InChI is InChI=1S/C13H27N/c1-10(2)8-14-9-11(3)12(4)13-6-5-7-13/h10-14H,5-9H2,1-4H3. The zero-order valence-corrected chi connectivity index (χ0v) is 10.3. The van der Waals surface area contributed by atoms with E-state index in [2.05, 4.69) is 33.0 Å². The lowest BCUT2D eigenvalue weighted by Crippen LogP contribution is -2.33. The fourth-order valence-corrected chi connectivity index (χ4v) is 2.22. The topological polar surface area (TPSA) is 12.0 Å². The summed E-state index contributed by atoms with van der Waals surface area (Å²) in [5.41, 5.74) is 0. The normalized spacial score (nSPS) is 22.1. The highest BCUT2D eigenvalue weighted by atomic mass is 14.9.